The van der Waals surface area contributed by atoms with Crippen molar-refractivity contribution in [2.24, 2.45) is 0 Å². The van der Waals surface area contributed by atoms with E-state index in [4.69, 9.17) is 23.4 Å². The molecule has 0 bridgehead atoms. The molecule has 0 aliphatic carbocycles. The second kappa shape index (κ2) is 14.8. The third kappa shape index (κ3) is 8.51. The summed E-state index contributed by atoms with van der Waals surface area (Å²) in [5.41, 5.74) is -0.164. The Morgan fingerprint density at radius 2 is 1.12 bits per heavy atom. The van der Waals surface area contributed by atoms with E-state index in [1.165, 1.54) is 30.3 Å². The van der Waals surface area contributed by atoms with Gasteiger partial charge in [-0.3, -0.25) is 24.0 Å². The average molecular weight is 567 g/mol. The number of ether oxygens (including phenoxy) is 4. The SMILES string of the molecule is CCCC(=O)Oc1cc(OC(=O)CCC)c2c(=O)cc(-c3ccc(OC(=O)CCC)c(OC(=O)CCC)c3)oc2c1. The summed E-state index contributed by atoms with van der Waals surface area (Å²) < 4.78 is 27.7. The predicted molar refractivity (Wildman–Crippen MR) is 150 cm³/mol. The molecule has 0 radical (unpaired) electrons. The van der Waals surface area contributed by atoms with Crippen LogP contribution in [0.5, 0.6) is 23.0 Å². The first kappa shape index (κ1) is 31.1. The topological polar surface area (TPSA) is 135 Å². The molecule has 0 N–H and O–H groups in total. The predicted octanol–water partition coefficient (Wildman–Crippen LogP) is 6.28. The Morgan fingerprint density at radius 1 is 0.610 bits per heavy atom. The van der Waals surface area contributed by atoms with Crippen molar-refractivity contribution >= 4 is 34.8 Å². The van der Waals surface area contributed by atoms with Crippen LogP contribution in [0.3, 0.4) is 0 Å². The van der Waals surface area contributed by atoms with E-state index in [1.54, 1.807) is 6.07 Å². The number of hydrogen-bond donors (Lipinski definition) is 0. The summed E-state index contributed by atoms with van der Waals surface area (Å²) >= 11 is 0. The van der Waals surface area contributed by atoms with E-state index in [2.05, 4.69) is 0 Å². The van der Waals surface area contributed by atoms with Crippen molar-refractivity contribution in [3.05, 3.63) is 46.6 Å². The fourth-order valence-electron chi connectivity index (χ4n) is 3.86. The minimum Gasteiger partial charge on any atom is -0.456 e. The molecule has 3 rings (SSSR count). The van der Waals surface area contributed by atoms with Gasteiger partial charge in [0.05, 0.1) is 0 Å². The Kier molecular flexibility index (Phi) is 11.2. The summed E-state index contributed by atoms with van der Waals surface area (Å²) in [4.78, 5) is 62.1. The summed E-state index contributed by atoms with van der Waals surface area (Å²) in [5.74, 6) is -1.97. The highest BCUT2D eigenvalue weighted by Crippen LogP contribution is 2.36. The second-order valence-electron chi connectivity index (χ2n) is 9.33. The largest absolute Gasteiger partial charge is 0.456 e. The van der Waals surface area contributed by atoms with Crippen LogP contribution in [0.4, 0.5) is 0 Å². The van der Waals surface area contributed by atoms with Crippen molar-refractivity contribution in [1.29, 1.82) is 0 Å². The van der Waals surface area contributed by atoms with Gasteiger partial charge in [-0.2, -0.15) is 0 Å². The van der Waals surface area contributed by atoms with Crippen LogP contribution in [-0.2, 0) is 19.2 Å². The van der Waals surface area contributed by atoms with Crippen molar-refractivity contribution in [1.82, 2.24) is 0 Å². The Morgan fingerprint density at radius 3 is 1.68 bits per heavy atom. The van der Waals surface area contributed by atoms with Crippen LogP contribution in [0, 0.1) is 0 Å². The zero-order chi connectivity index (χ0) is 29.9. The average Bonchev–Trinajstić information content (AvgIpc) is 2.89. The smallest absolute Gasteiger partial charge is 0.311 e. The molecule has 218 valence electrons. The highest BCUT2D eigenvalue weighted by atomic mass is 16.6. The van der Waals surface area contributed by atoms with Crippen LogP contribution in [0.15, 0.2) is 45.6 Å². The van der Waals surface area contributed by atoms with E-state index in [0.717, 1.165) is 0 Å². The van der Waals surface area contributed by atoms with Crippen LogP contribution >= 0.6 is 0 Å². The third-order valence-electron chi connectivity index (χ3n) is 5.72. The van der Waals surface area contributed by atoms with Gasteiger partial charge in [0.15, 0.2) is 16.9 Å². The van der Waals surface area contributed by atoms with Crippen molar-refractivity contribution < 1.29 is 42.5 Å². The molecule has 0 saturated heterocycles. The van der Waals surface area contributed by atoms with Gasteiger partial charge in [0.2, 0.25) is 0 Å². The lowest BCUT2D eigenvalue weighted by molar-refractivity contribution is -0.137. The minimum atomic E-state index is -0.555. The van der Waals surface area contributed by atoms with Crippen LogP contribution in [0.2, 0.25) is 0 Å². The zero-order valence-electron chi connectivity index (χ0n) is 23.7. The fourth-order valence-corrected chi connectivity index (χ4v) is 3.86. The molecule has 2 aromatic carbocycles. The number of benzene rings is 2. The first-order valence-corrected chi connectivity index (χ1v) is 13.8. The van der Waals surface area contributed by atoms with E-state index in [-0.39, 0.29) is 65.4 Å². The van der Waals surface area contributed by atoms with Gasteiger partial charge in [-0.1, -0.05) is 27.7 Å². The normalized spacial score (nSPS) is 10.7. The van der Waals surface area contributed by atoms with Gasteiger partial charge in [-0.05, 0) is 43.9 Å². The summed E-state index contributed by atoms with van der Waals surface area (Å²) in [6.07, 6.45) is 2.86. The van der Waals surface area contributed by atoms with Crippen molar-refractivity contribution in [2.45, 2.75) is 79.1 Å². The third-order valence-corrected chi connectivity index (χ3v) is 5.72. The Balaban J connectivity index is 2.13. The zero-order valence-corrected chi connectivity index (χ0v) is 23.7. The number of hydrogen-bond acceptors (Lipinski definition) is 10. The van der Waals surface area contributed by atoms with Gasteiger partial charge in [0.1, 0.15) is 28.2 Å². The molecule has 0 spiro atoms. The van der Waals surface area contributed by atoms with Gasteiger partial charge in [0, 0.05) is 49.4 Å². The molecule has 0 fully saturated rings. The monoisotopic (exact) mass is 566 g/mol. The maximum atomic E-state index is 13.3. The lowest BCUT2D eigenvalue weighted by Gasteiger charge is -2.13. The molecule has 3 aromatic rings. The highest BCUT2D eigenvalue weighted by Gasteiger charge is 2.20. The van der Waals surface area contributed by atoms with Gasteiger partial charge in [-0.15, -0.1) is 0 Å². The quantitative estimate of drug-likeness (QED) is 0.172. The van der Waals surface area contributed by atoms with Crippen molar-refractivity contribution in [3.8, 4) is 34.3 Å². The fraction of sp³-hybridized carbons (Fsp3) is 0.387. The van der Waals surface area contributed by atoms with Gasteiger partial charge in [0.25, 0.3) is 0 Å². The van der Waals surface area contributed by atoms with Crippen molar-refractivity contribution in [2.75, 3.05) is 0 Å². The lowest BCUT2D eigenvalue weighted by atomic mass is 10.1. The van der Waals surface area contributed by atoms with Crippen LogP contribution in [0.25, 0.3) is 22.3 Å². The first-order chi connectivity index (χ1) is 19.7. The van der Waals surface area contributed by atoms with Crippen molar-refractivity contribution in [3.63, 3.8) is 0 Å². The molecule has 10 nitrogen and oxygen atoms in total. The molecule has 0 aliphatic rings. The molecule has 0 atom stereocenters. The Hall–Kier alpha value is -4.47. The summed E-state index contributed by atoms with van der Waals surface area (Å²) in [6, 6.07) is 8.31. The van der Waals surface area contributed by atoms with E-state index in [1.807, 2.05) is 27.7 Å². The summed E-state index contributed by atoms with van der Waals surface area (Å²) in [6.45, 7) is 7.30. The molecule has 0 aliphatic heterocycles. The first-order valence-electron chi connectivity index (χ1n) is 13.8. The highest BCUT2D eigenvalue weighted by molar-refractivity contribution is 5.90. The van der Waals surface area contributed by atoms with E-state index >= 15 is 0 Å². The number of rotatable bonds is 13. The number of fused-ring (bicyclic) bond motifs is 1. The Labute approximate surface area is 237 Å². The van der Waals surface area contributed by atoms with Crippen LogP contribution in [0.1, 0.15) is 79.1 Å². The molecular weight excluding hydrogens is 532 g/mol. The van der Waals surface area contributed by atoms with Gasteiger partial charge in [-0.25, -0.2) is 0 Å². The summed E-state index contributed by atoms with van der Waals surface area (Å²) in [7, 11) is 0. The van der Waals surface area contributed by atoms with Crippen LogP contribution in [-0.4, -0.2) is 23.9 Å². The number of carbonyl (C=O) groups excluding carboxylic acids is 4. The molecule has 10 heteroatoms. The second-order valence-corrected chi connectivity index (χ2v) is 9.33. The maximum Gasteiger partial charge on any atom is 0.311 e. The minimum absolute atomic E-state index is 0.00629. The van der Waals surface area contributed by atoms with Crippen LogP contribution < -0.4 is 24.4 Å². The molecular formula is C31H34O10. The van der Waals surface area contributed by atoms with E-state index < -0.39 is 29.3 Å². The van der Waals surface area contributed by atoms with E-state index in [0.29, 0.717) is 31.2 Å². The molecule has 1 heterocycles. The van der Waals surface area contributed by atoms with Gasteiger partial charge >= 0.3 is 23.9 Å². The molecule has 41 heavy (non-hydrogen) atoms. The molecule has 0 amide bonds. The molecule has 1 aromatic heterocycles. The van der Waals surface area contributed by atoms with Gasteiger partial charge < -0.3 is 23.4 Å². The molecule has 0 saturated carbocycles. The number of carbonyl (C=O) groups is 4. The molecule has 0 unspecified atom stereocenters. The standard InChI is InChI=1S/C31H34O10/c1-5-9-27(33)37-20-16-25-31(26(17-20)41-30(36)12-8-4)21(32)18-23(38-25)19-13-14-22(39-28(34)10-6-2)24(15-19)40-29(35)11-7-3/h13-18H,5-12H2,1-4H3. The Bertz CT molecular complexity index is 1480. The lowest BCUT2D eigenvalue weighted by Crippen LogP contribution is -2.12. The summed E-state index contributed by atoms with van der Waals surface area (Å²) in [5, 5.41) is -0.00629. The number of esters is 4. The van der Waals surface area contributed by atoms with E-state index in [9.17, 15) is 24.0 Å². The maximum absolute atomic E-state index is 13.3.